The van der Waals surface area contributed by atoms with Gasteiger partial charge in [0.25, 0.3) is 0 Å². The van der Waals surface area contributed by atoms with Crippen LogP contribution in [0.2, 0.25) is 0 Å². The van der Waals surface area contributed by atoms with Crippen molar-refractivity contribution in [3.63, 3.8) is 0 Å². The zero-order valence-electron chi connectivity index (χ0n) is 23.0. The van der Waals surface area contributed by atoms with E-state index >= 15 is 0 Å². The van der Waals surface area contributed by atoms with Crippen molar-refractivity contribution in [2.75, 3.05) is 52.0 Å². The van der Waals surface area contributed by atoms with Gasteiger partial charge in [-0.1, -0.05) is 6.07 Å². The van der Waals surface area contributed by atoms with Gasteiger partial charge in [-0.3, -0.25) is 5.10 Å². The number of methoxy groups -OCH3 is 1. The zero-order valence-corrected chi connectivity index (χ0v) is 23.8. The first-order valence-corrected chi connectivity index (χ1v) is 13.5. The summed E-state index contributed by atoms with van der Waals surface area (Å²) in [6.45, 7) is 1.01. The summed E-state index contributed by atoms with van der Waals surface area (Å²) in [5.74, 6) is -0.618. The van der Waals surface area contributed by atoms with E-state index in [2.05, 4.69) is 30.8 Å². The van der Waals surface area contributed by atoms with E-state index in [-0.39, 0.29) is 4.90 Å². The van der Waals surface area contributed by atoms with E-state index in [1.54, 1.807) is 50.7 Å². The Labute approximate surface area is 239 Å². The molecular weight excluding hydrogens is 581 g/mol. The SMILES string of the molecule is COc1ccc2[nH]nc(Nc3ccnc(Nc4cccc(S(=O)(=O)N(C)CCN(C)C)c4)n3)c2c1.O=C(O)C(F)(F)F. The number of nitrogens with zero attached hydrogens (tertiary/aromatic N) is 5. The molecule has 0 aliphatic heterocycles. The predicted molar refractivity (Wildman–Crippen MR) is 150 cm³/mol. The molecule has 0 bridgehead atoms. The number of rotatable bonds is 10. The number of hydrogen-bond acceptors (Lipinski definition) is 10. The summed E-state index contributed by atoms with van der Waals surface area (Å²) in [4.78, 5) is 19.8. The van der Waals surface area contributed by atoms with E-state index in [1.165, 1.54) is 4.31 Å². The van der Waals surface area contributed by atoms with E-state index in [4.69, 9.17) is 14.6 Å². The average Bonchev–Trinajstić information content (AvgIpc) is 3.33. The first-order valence-electron chi connectivity index (χ1n) is 12.1. The van der Waals surface area contributed by atoms with E-state index in [1.807, 2.05) is 37.2 Å². The van der Waals surface area contributed by atoms with Gasteiger partial charge >= 0.3 is 12.1 Å². The summed E-state index contributed by atoms with van der Waals surface area (Å²) < 4.78 is 64.3. The molecule has 4 aromatic rings. The molecule has 0 fully saturated rings. The Kier molecular flexibility index (Phi) is 10.3. The molecule has 0 unspecified atom stereocenters. The van der Waals surface area contributed by atoms with E-state index < -0.39 is 22.2 Å². The molecule has 17 heteroatoms. The highest BCUT2D eigenvalue weighted by atomic mass is 32.2. The Morgan fingerprint density at radius 3 is 2.43 bits per heavy atom. The van der Waals surface area contributed by atoms with Crippen molar-refractivity contribution in [1.82, 2.24) is 29.4 Å². The van der Waals surface area contributed by atoms with Gasteiger partial charge in [0, 0.05) is 37.4 Å². The third-order valence-corrected chi connectivity index (χ3v) is 7.43. The zero-order chi connectivity index (χ0) is 31.1. The molecule has 13 nitrogen and oxygen atoms in total. The number of anilines is 4. The number of aromatic nitrogens is 4. The first kappa shape index (κ1) is 32.0. The van der Waals surface area contributed by atoms with Gasteiger partial charge in [0.05, 0.1) is 17.5 Å². The molecule has 0 radical (unpaired) electrons. The Bertz CT molecular complexity index is 1630. The van der Waals surface area contributed by atoms with Gasteiger partial charge in [-0.2, -0.15) is 27.6 Å². The van der Waals surface area contributed by atoms with Crippen LogP contribution >= 0.6 is 0 Å². The maximum Gasteiger partial charge on any atom is 0.490 e. The summed E-state index contributed by atoms with van der Waals surface area (Å²) in [5, 5.41) is 21.5. The number of sulfonamides is 1. The number of H-pyrrole nitrogens is 1. The smallest absolute Gasteiger partial charge is 0.490 e. The lowest BCUT2D eigenvalue weighted by Crippen LogP contribution is -2.33. The number of carboxylic acid groups (broad SMARTS) is 1. The van der Waals surface area contributed by atoms with E-state index in [9.17, 15) is 21.6 Å². The lowest BCUT2D eigenvalue weighted by molar-refractivity contribution is -0.192. The molecular formula is C25H29F3N8O5S. The van der Waals surface area contributed by atoms with Gasteiger partial charge in [0.2, 0.25) is 16.0 Å². The van der Waals surface area contributed by atoms with Gasteiger partial charge < -0.3 is 25.4 Å². The second-order valence-electron chi connectivity index (χ2n) is 8.96. The standard InChI is InChI=1S/C23H28N8O3S.C2HF3O2/c1-30(2)12-13-31(3)35(32,33)18-7-5-6-16(14-18)25-23-24-11-10-21(27-23)26-22-19-15-17(34-4)8-9-20(19)28-29-22;3-2(4,5)1(6)7/h5-11,14-15H,12-13H2,1-4H3,(H3,24,25,26,27,28,29);(H,6,7). The van der Waals surface area contributed by atoms with Crippen LogP contribution < -0.4 is 15.4 Å². The van der Waals surface area contributed by atoms with Crippen molar-refractivity contribution >= 4 is 50.2 Å². The number of aromatic amines is 1. The summed E-state index contributed by atoms with van der Waals surface area (Å²) in [6.07, 6.45) is -3.48. The number of ether oxygens (including phenoxy) is 1. The Balaban J connectivity index is 0.000000616. The molecule has 226 valence electrons. The fraction of sp³-hybridized carbons (Fsp3) is 0.280. The van der Waals surface area contributed by atoms with E-state index in [0.29, 0.717) is 42.1 Å². The van der Waals surface area contributed by atoms with Crippen LogP contribution in [0.4, 0.5) is 36.4 Å². The van der Waals surface area contributed by atoms with Crippen LogP contribution in [0.3, 0.4) is 0 Å². The number of halogens is 3. The van der Waals surface area contributed by atoms with Crippen LogP contribution in [0, 0.1) is 0 Å². The molecule has 0 aliphatic rings. The lowest BCUT2D eigenvalue weighted by atomic mass is 10.2. The van der Waals surface area contributed by atoms with Crippen molar-refractivity contribution in [3.05, 3.63) is 54.7 Å². The predicted octanol–water partition coefficient (Wildman–Crippen LogP) is 3.66. The summed E-state index contributed by atoms with van der Waals surface area (Å²) in [7, 11) is 3.36. The molecule has 2 aromatic heterocycles. The summed E-state index contributed by atoms with van der Waals surface area (Å²) in [5.41, 5.74) is 1.41. The number of carboxylic acids is 1. The minimum atomic E-state index is -5.08. The largest absolute Gasteiger partial charge is 0.497 e. The number of hydrogen-bond donors (Lipinski definition) is 4. The van der Waals surface area contributed by atoms with Crippen LogP contribution in [0.25, 0.3) is 10.9 Å². The highest BCUT2D eigenvalue weighted by molar-refractivity contribution is 7.89. The van der Waals surface area contributed by atoms with Gasteiger partial charge in [-0.25, -0.2) is 18.2 Å². The van der Waals surface area contributed by atoms with E-state index in [0.717, 1.165) is 10.9 Å². The van der Waals surface area contributed by atoms with Crippen LogP contribution in [-0.2, 0) is 14.8 Å². The van der Waals surface area contributed by atoms with Crippen LogP contribution in [0.1, 0.15) is 0 Å². The first-order chi connectivity index (χ1) is 19.7. The van der Waals surface area contributed by atoms with Gasteiger partial charge in [0.1, 0.15) is 11.6 Å². The fourth-order valence-corrected chi connectivity index (χ4v) is 4.54. The number of carbonyl (C=O) groups is 1. The third kappa shape index (κ3) is 8.51. The highest BCUT2D eigenvalue weighted by Crippen LogP contribution is 2.27. The highest BCUT2D eigenvalue weighted by Gasteiger charge is 2.38. The number of aliphatic carboxylic acids is 1. The minimum absolute atomic E-state index is 0.190. The number of nitrogens with one attached hydrogen (secondary N) is 3. The Hall–Kier alpha value is -4.48. The third-order valence-electron chi connectivity index (χ3n) is 5.58. The van der Waals surface area contributed by atoms with Gasteiger partial charge in [-0.05, 0) is 56.6 Å². The minimum Gasteiger partial charge on any atom is -0.497 e. The number of likely N-dealkylation sites (N-methyl/N-ethyl adjacent to an activating group) is 2. The molecule has 4 N–H and O–H groups in total. The van der Waals surface area contributed by atoms with Crippen molar-refractivity contribution in [2.24, 2.45) is 0 Å². The normalized spacial score (nSPS) is 11.7. The number of fused-ring (bicyclic) bond motifs is 1. The quantitative estimate of drug-likeness (QED) is 0.207. The molecule has 0 aliphatic carbocycles. The van der Waals surface area contributed by atoms with Crippen molar-refractivity contribution in [1.29, 1.82) is 0 Å². The summed E-state index contributed by atoms with van der Waals surface area (Å²) in [6, 6.07) is 13.9. The molecule has 42 heavy (non-hydrogen) atoms. The second-order valence-corrected chi connectivity index (χ2v) is 11.0. The average molecular weight is 611 g/mol. The molecule has 0 saturated carbocycles. The maximum absolute atomic E-state index is 13.0. The van der Waals surface area contributed by atoms with Crippen molar-refractivity contribution < 1.29 is 36.2 Å². The van der Waals surface area contributed by atoms with Crippen molar-refractivity contribution in [2.45, 2.75) is 11.1 Å². The Morgan fingerprint density at radius 2 is 1.79 bits per heavy atom. The second kappa shape index (κ2) is 13.5. The molecule has 0 atom stereocenters. The molecule has 2 aromatic carbocycles. The van der Waals surface area contributed by atoms with Crippen LogP contribution in [-0.4, -0.2) is 96.4 Å². The molecule has 4 rings (SSSR count). The van der Waals surface area contributed by atoms with Crippen LogP contribution in [0.5, 0.6) is 5.75 Å². The summed E-state index contributed by atoms with van der Waals surface area (Å²) >= 11 is 0. The van der Waals surface area contributed by atoms with Gasteiger partial charge in [-0.15, -0.1) is 0 Å². The molecule has 2 heterocycles. The Morgan fingerprint density at radius 1 is 1.07 bits per heavy atom. The maximum atomic E-state index is 13.0. The fourth-order valence-electron chi connectivity index (χ4n) is 3.33. The molecule has 0 amide bonds. The number of benzene rings is 2. The van der Waals surface area contributed by atoms with Crippen LogP contribution in [0.15, 0.2) is 59.6 Å². The lowest BCUT2D eigenvalue weighted by Gasteiger charge is -2.19. The van der Waals surface area contributed by atoms with Crippen molar-refractivity contribution in [3.8, 4) is 5.75 Å². The van der Waals surface area contributed by atoms with Gasteiger partial charge in [0.15, 0.2) is 5.82 Å². The topological polar surface area (TPSA) is 166 Å². The molecule has 0 spiro atoms. The molecule has 0 saturated heterocycles. The number of alkyl halides is 3. The monoisotopic (exact) mass is 610 g/mol.